The molecule has 0 aromatic carbocycles. The van der Waals surface area contributed by atoms with Gasteiger partial charge in [0.15, 0.2) is 5.82 Å². The molecule has 1 aliphatic rings. The third-order valence-electron chi connectivity index (χ3n) is 4.33. The van der Waals surface area contributed by atoms with E-state index >= 15 is 0 Å². The number of morpholine rings is 1. The number of nitrogens with zero attached hydrogens (tertiary/aromatic N) is 4. The van der Waals surface area contributed by atoms with E-state index in [9.17, 15) is 4.79 Å². The number of amides is 1. The molecule has 3 heterocycles. The first-order chi connectivity index (χ1) is 11.6. The van der Waals surface area contributed by atoms with Gasteiger partial charge in [0.2, 0.25) is 0 Å². The number of carbonyl (C=O) groups excluding carboxylic acids is 1. The van der Waals surface area contributed by atoms with Gasteiger partial charge in [-0.2, -0.15) is 5.10 Å². The highest BCUT2D eigenvalue weighted by molar-refractivity contribution is 5.95. The largest absolute Gasteiger partial charge is 0.375 e. The smallest absolute Gasteiger partial charge is 0.257 e. The van der Waals surface area contributed by atoms with Crippen LogP contribution in [0.25, 0.3) is 5.82 Å². The molecule has 1 saturated heterocycles. The Kier molecular flexibility index (Phi) is 4.94. The fraction of sp³-hybridized carbons (Fsp3) is 0.500. The maximum absolute atomic E-state index is 13.0. The Morgan fingerprint density at radius 1 is 1.42 bits per heavy atom. The fourth-order valence-electron chi connectivity index (χ4n) is 3.06. The molecule has 0 radical (unpaired) electrons. The number of hydrogen-bond donors (Lipinski definition) is 0. The van der Waals surface area contributed by atoms with Gasteiger partial charge in [-0.25, -0.2) is 9.67 Å². The van der Waals surface area contributed by atoms with Gasteiger partial charge in [-0.05, 0) is 24.5 Å². The van der Waals surface area contributed by atoms with Gasteiger partial charge in [-0.3, -0.25) is 4.79 Å². The first kappa shape index (κ1) is 16.6. The molecule has 3 rings (SSSR count). The van der Waals surface area contributed by atoms with Crippen LogP contribution in [0, 0.1) is 0 Å². The Balaban J connectivity index is 1.93. The van der Waals surface area contributed by atoms with Crippen LogP contribution in [0.15, 0.2) is 30.6 Å². The number of ether oxygens (including phenoxy) is 1. The molecule has 2 aromatic rings. The van der Waals surface area contributed by atoms with E-state index in [-0.39, 0.29) is 17.9 Å². The van der Waals surface area contributed by atoms with E-state index in [0.29, 0.717) is 25.3 Å². The van der Waals surface area contributed by atoms with Crippen LogP contribution in [0.5, 0.6) is 0 Å². The molecule has 6 heteroatoms. The van der Waals surface area contributed by atoms with Crippen molar-refractivity contribution in [2.45, 2.75) is 39.2 Å². The fourth-order valence-corrected chi connectivity index (χ4v) is 3.06. The quantitative estimate of drug-likeness (QED) is 0.866. The first-order valence-electron chi connectivity index (χ1n) is 8.52. The number of hydrogen-bond acceptors (Lipinski definition) is 4. The molecule has 2 aromatic heterocycles. The van der Waals surface area contributed by atoms with Crippen LogP contribution in [-0.2, 0) is 4.74 Å². The molecule has 1 amide bonds. The predicted molar refractivity (Wildman–Crippen MR) is 91.4 cm³/mol. The Morgan fingerprint density at radius 2 is 2.25 bits per heavy atom. The van der Waals surface area contributed by atoms with Gasteiger partial charge in [0.1, 0.15) is 0 Å². The van der Waals surface area contributed by atoms with Crippen molar-refractivity contribution in [3.8, 4) is 5.82 Å². The van der Waals surface area contributed by atoms with Gasteiger partial charge in [0.05, 0.1) is 30.2 Å². The lowest BCUT2D eigenvalue weighted by molar-refractivity contribution is -0.0226. The van der Waals surface area contributed by atoms with Crippen molar-refractivity contribution < 1.29 is 9.53 Å². The van der Waals surface area contributed by atoms with Gasteiger partial charge < -0.3 is 9.64 Å². The molecule has 1 fully saturated rings. The second-order valence-electron chi connectivity index (χ2n) is 6.35. The van der Waals surface area contributed by atoms with Crippen LogP contribution < -0.4 is 0 Å². The summed E-state index contributed by atoms with van der Waals surface area (Å²) in [6.45, 7) is 8.08. The topological polar surface area (TPSA) is 60.2 Å². The molecule has 6 nitrogen and oxygen atoms in total. The average Bonchev–Trinajstić information content (AvgIpc) is 3.07. The summed E-state index contributed by atoms with van der Waals surface area (Å²) >= 11 is 0. The highest BCUT2D eigenvalue weighted by atomic mass is 16.5. The minimum absolute atomic E-state index is 0.0302. The minimum Gasteiger partial charge on any atom is -0.375 e. The number of pyridine rings is 1. The lowest BCUT2D eigenvalue weighted by atomic mass is 10.0. The normalized spacial score (nSPS) is 18.2. The van der Waals surface area contributed by atoms with Gasteiger partial charge in [0.25, 0.3) is 5.91 Å². The van der Waals surface area contributed by atoms with Crippen molar-refractivity contribution in [2.75, 3.05) is 19.7 Å². The second kappa shape index (κ2) is 7.13. The summed E-state index contributed by atoms with van der Waals surface area (Å²) in [5, 5.41) is 4.44. The zero-order valence-electron chi connectivity index (χ0n) is 14.5. The molecule has 1 aliphatic heterocycles. The summed E-state index contributed by atoms with van der Waals surface area (Å²) in [5.41, 5.74) is 1.56. The Labute approximate surface area is 142 Å². The lowest BCUT2D eigenvalue weighted by Crippen LogP contribution is -2.45. The standard InChI is InChI=1S/C18H24N4O2/c1-4-14-12-21(9-10-24-14)18(23)15-11-20-22(17(15)13(2)3)16-7-5-6-8-19-16/h5-8,11,13-14H,4,9-10,12H2,1-3H3/t14-/m1/s1. The summed E-state index contributed by atoms with van der Waals surface area (Å²) in [5.74, 6) is 0.924. The van der Waals surface area contributed by atoms with Crippen molar-refractivity contribution in [3.05, 3.63) is 41.9 Å². The summed E-state index contributed by atoms with van der Waals surface area (Å²) in [6, 6.07) is 5.69. The van der Waals surface area contributed by atoms with E-state index < -0.39 is 0 Å². The van der Waals surface area contributed by atoms with E-state index in [1.54, 1.807) is 17.1 Å². The molecule has 0 bridgehead atoms. The Hall–Kier alpha value is -2.21. The van der Waals surface area contributed by atoms with Crippen LogP contribution in [0.3, 0.4) is 0 Å². The molecule has 0 unspecified atom stereocenters. The summed E-state index contributed by atoms with van der Waals surface area (Å²) in [4.78, 5) is 19.3. The summed E-state index contributed by atoms with van der Waals surface area (Å²) < 4.78 is 7.44. The zero-order valence-corrected chi connectivity index (χ0v) is 14.5. The van der Waals surface area contributed by atoms with E-state index in [1.807, 2.05) is 23.1 Å². The van der Waals surface area contributed by atoms with Gasteiger partial charge >= 0.3 is 0 Å². The van der Waals surface area contributed by atoms with E-state index in [0.717, 1.165) is 17.9 Å². The Morgan fingerprint density at radius 3 is 2.92 bits per heavy atom. The highest BCUT2D eigenvalue weighted by Crippen LogP contribution is 2.24. The van der Waals surface area contributed by atoms with Crippen LogP contribution in [0.4, 0.5) is 0 Å². The average molecular weight is 328 g/mol. The highest BCUT2D eigenvalue weighted by Gasteiger charge is 2.28. The molecule has 1 atom stereocenters. The molecule has 0 N–H and O–H groups in total. The lowest BCUT2D eigenvalue weighted by Gasteiger charge is -2.32. The molecule has 0 aliphatic carbocycles. The van der Waals surface area contributed by atoms with Gasteiger partial charge in [-0.1, -0.05) is 26.8 Å². The molecule has 0 saturated carbocycles. The van der Waals surface area contributed by atoms with E-state index in [1.165, 1.54) is 0 Å². The second-order valence-corrected chi connectivity index (χ2v) is 6.35. The van der Waals surface area contributed by atoms with E-state index in [2.05, 4.69) is 30.9 Å². The first-order valence-corrected chi connectivity index (χ1v) is 8.52. The van der Waals surface area contributed by atoms with Crippen LogP contribution in [0.2, 0.25) is 0 Å². The van der Waals surface area contributed by atoms with Crippen LogP contribution in [-0.4, -0.2) is 51.4 Å². The molecular formula is C18H24N4O2. The minimum atomic E-state index is 0.0302. The van der Waals surface area contributed by atoms with Crippen molar-refractivity contribution in [1.82, 2.24) is 19.7 Å². The summed E-state index contributed by atoms with van der Waals surface area (Å²) in [6.07, 6.45) is 4.43. The number of rotatable bonds is 4. The maximum atomic E-state index is 13.0. The SMILES string of the molecule is CC[C@@H]1CN(C(=O)c2cnn(-c3ccccn3)c2C(C)C)CCO1. The van der Waals surface area contributed by atoms with E-state index in [4.69, 9.17) is 4.74 Å². The molecule has 128 valence electrons. The van der Waals surface area contributed by atoms with Crippen molar-refractivity contribution in [3.63, 3.8) is 0 Å². The van der Waals surface area contributed by atoms with Crippen LogP contribution in [0.1, 0.15) is 49.2 Å². The summed E-state index contributed by atoms with van der Waals surface area (Å²) in [7, 11) is 0. The maximum Gasteiger partial charge on any atom is 0.257 e. The molecule has 24 heavy (non-hydrogen) atoms. The predicted octanol–water partition coefficient (Wildman–Crippen LogP) is 2.64. The van der Waals surface area contributed by atoms with Crippen molar-refractivity contribution in [1.29, 1.82) is 0 Å². The molecular weight excluding hydrogens is 304 g/mol. The zero-order chi connectivity index (χ0) is 17.1. The number of aromatic nitrogens is 3. The Bertz CT molecular complexity index is 696. The van der Waals surface area contributed by atoms with Crippen LogP contribution >= 0.6 is 0 Å². The van der Waals surface area contributed by atoms with Crippen molar-refractivity contribution >= 4 is 5.91 Å². The monoisotopic (exact) mass is 328 g/mol. The van der Waals surface area contributed by atoms with Crippen molar-refractivity contribution in [2.24, 2.45) is 0 Å². The third-order valence-corrected chi connectivity index (χ3v) is 4.33. The van der Waals surface area contributed by atoms with Gasteiger partial charge in [0, 0.05) is 19.3 Å². The van der Waals surface area contributed by atoms with Gasteiger partial charge in [-0.15, -0.1) is 0 Å². The molecule has 0 spiro atoms. The number of carbonyl (C=O) groups is 1. The third kappa shape index (κ3) is 3.19.